The van der Waals surface area contributed by atoms with E-state index in [1.165, 1.54) is 0 Å². The molecule has 1 saturated heterocycles. The van der Waals surface area contributed by atoms with E-state index < -0.39 is 63.0 Å². The van der Waals surface area contributed by atoms with Gasteiger partial charge in [0.2, 0.25) is 15.9 Å². The number of aromatic carboxylic acids is 1. The lowest BCUT2D eigenvalue weighted by Gasteiger charge is -2.18. The van der Waals surface area contributed by atoms with Gasteiger partial charge in [-0.15, -0.1) is 0 Å². The lowest BCUT2D eigenvalue weighted by molar-refractivity contribution is -0.117. The summed E-state index contributed by atoms with van der Waals surface area (Å²) in [5.74, 6) is -5.30. The molecule has 0 aromatic heterocycles. The highest BCUT2D eigenvalue weighted by molar-refractivity contribution is 7.89. The van der Waals surface area contributed by atoms with Crippen LogP contribution in [0.25, 0.3) is 0 Å². The number of nitrogens with zero attached hydrogens (tertiary/aromatic N) is 1. The van der Waals surface area contributed by atoms with Crippen molar-refractivity contribution in [3.63, 3.8) is 0 Å². The lowest BCUT2D eigenvalue weighted by Crippen LogP contribution is -2.32. The second-order valence-corrected chi connectivity index (χ2v) is 6.32. The molecule has 1 heterocycles. The Morgan fingerprint density at radius 2 is 2.00 bits per heavy atom. The van der Waals surface area contributed by atoms with E-state index in [1.807, 2.05) is 0 Å². The number of hydrogen-bond acceptors (Lipinski definition) is 4. The van der Waals surface area contributed by atoms with Gasteiger partial charge in [-0.25, -0.2) is 27.1 Å². The summed E-state index contributed by atoms with van der Waals surface area (Å²) >= 11 is 0. The highest BCUT2D eigenvalue weighted by atomic mass is 32.2. The van der Waals surface area contributed by atoms with Gasteiger partial charge < -0.3 is 10.0 Å². The Morgan fingerprint density at radius 3 is 2.48 bits per heavy atom. The minimum atomic E-state index is -4.00. The molecule has 1 fully saturated rings. The van der Waals surface area contributed by atoms with Crippen molar-refractivity contribution in [2.75, 3.05) is 11.4 Å². The molecule has 3 N–H and O–H groups in total. The number of carbonyl (C=O) groups excluding carboxylic acids is 1. The SMILES string of the molecule is NS(=O)(=O)C1CC(=O)N(c2ccc(F)c(C(=O)O)c2F)C1. The van der Waals surface area contributed by atoms with Crippen molar-refractivity contribution in [1.82, 2.24) is 0 Å². The van der Waals surface area contributed by atoms with Crippen LogP contribution in [-0.2, 0) is 14.8 Å². The minimum Gasteiger partial charge on any atom is -0.477 e. The predicted octanol–water partition coefficient (Wildman–Crippen LogP) is 0.0568. The summed E-state index contributed by atoms with van der Waals surface area (Å²) in [6.07, 6.45) is -0.446. The topological polar surface area (TPSA) is 118 Å². The van der Waals surface area contributed by atoms with Gasteiger partial charge in [0.15, 0.2) is 5.82 Å². The van der Waals surface area contributed by atoms with Crippen LogP contribution in [0.3, 0.4) is 0 Å². The van der Waals surface area contributed by atoms with Gasteiger partial charge in [-0.3, -0.25) is 4.79 Å². The van der Waals surface area contributed by atoms with Crippen molar-refractivity contribution < 1.29 is 31.9 Å². The van der Waals surface area contributed by atoms with E-state index in [0.29, 0.717) is 6.07 Å². The highest BCUT2D eigenvalue weighted by Crippen LogP contribution is 2.29. The fraction of sp³-hybridized carbons (Fsp3) is 0.273. The summed E-state index contributed by atoms with van der Waals surface area (Å²) in [5, 5.41) is 12.5. The average Bonchev–Trinajstić information content (AvgIpc) is 2.71. The van der Waals surface area contributed by atoms with Crippen LogP contribution in [0.1, 0.15) is 16.8 Å². The van der Waals surface area contributed by atoms with Crippen LogP contribution in [-0.4, -0.2) is 37.2 Å². The number of anilines is 1. The number of benzene rings is 1. The molecule has 114 valence electrons. The molecule has 1 aliphatic heterocycles. The Morgan fingerprint density at radius 1 is 1.38 bits per heavy atom. The van der Waals surface area contributed by atoms with Crippen LogP contribution in [0.2, 0.25) is 0 Å². The second kappa shape index (κ2) is 5.04. The molecule has 0 radical (unpaired) electrons. The quantitative estimate of drug-likeness (QED) is 0.816. The standard InChI is InChI=1S/C11H10F2N2O5S/c12-6-1-2-7(10(13)9(6)11(17)18)15-4-5(3-8(15)16)21(14,19)20/h1-2,5H,3-4H2,(H,17,18)(H2,14,19,20). The van der Waals surface area contributed by atoms with Gasteiger partial charge in [-0.05, 0) is 12.1 Å². The van der Waals surface area contributed by atoms with Crippen molar-refractivity contribution in [2.45, 2.75) is 11.7 Å². The van der Waals surface area contributed by atoms with E-state index in [1.54, 1.807) is 0 Å². The first-order valence-electron chi connectivity index (χ1n) is 5.66. The number of amides is 1. The number of carboxylic acid groups (broad SMARTS) is 1. The Balaban J connectivity index is 2.47. The number of rotatable bonds is 3. The zero-order chi connectivity index (χ0) is 15.9. The van der Waals surface area contributed by atoms with Gasteiger partial charge in [0.05, 0.1) is 5.69 Å². The van der Waals surface area contributed by atoms with E-state index in [4.69, 9.17) is 10.2 Å². The Bertz CT molecular complexity index is 734. The molecule has 7 nitrogen and oxygen atoms in total. The molecule has 1 unspecified atom stereocenters. The van der Waals surface area contributed by atoms with Crippen molar-refractivity contribution in [2.24, 2.45) is 5.14 Å². The first-order chi connectivity index (χ1) is 9.62. The van der Waals surface area contributed by atoms with E-state index >= 15 is 0 Å². The second-order valence-electron chi connectivity index (χ2n) is 4.48. The summed E-state index contributed by atoms with van der Waals surface area (Å²) < 4.78 is 49.8. The van der Waals surface area contributed by atoms with Crippen molar-refractivity contribution >= 4 is 27.6 Å². The first-order valence-corrected chi connectivity index (χ1v) is 7.27. The molecular formula is C11H10F2N2O5S. The maximum Gasteiger partial charge on any atom is 0.341 e. The Labute approximate surface area is 118 Å². The van der Waals surface area contributed by atoms with Crippen molar-refractivity contribution in [3.05, 3.63) is 29.3 Å². The van der Waals surface area contributed by atoms with Crippen LogP contribution in [0, 0.1) is 11.6 Å². The monoisotopic (exact) mass is 320 g/mol. The van der Waals surface area contributed by atoms with Gasteiger partial charge in [-0.2, -0.15) is 0 Å². The van der Waals surface area contributed by atoms with Crippen LogP contribution in [0.5, 0.6) is 0 Å². The van der Waals surface area contributed by atoms with E-state index in [-0.39, 0.29) is 0 Å². The average molecular weight is 320 g/mol. The summed E-state index contributed by atoms with van der Waals surface area (Å²) in [6, 6.07) is 1.57. The van der Waals surface area contributed by atoms with E-state index in [2.05, 4.69) is 0 Å². The summed E-state index contributed by atoms with van der Waals surface area (Å²) in [5.41, 5.74) is -1.70. The van der Waals surface area contributed by atoms with Crippen LogP contribution >= 0.6 is 0 Å². The smallest absolute Gasteiger partial charge is 0.341 e. The number of nitrogens with two attached hydrogens (primary N) is 1. The third-order valence-corrected chi connectivity index (χ3v) is 4.37. The molecule has 1 aromatic carbocycles. The Hall–Kier alpha value is -2.07. The number of carboxylic acids is 1. The molecule has 0 saturated carbocycles. The molecule has 21 heavy (non-hydrogen) atoms. The summed E-state index contributed by atoms with van der Waals surface area (Å²) in [7, 11) is -4.00. The molecular weight excluding hydrogens is 310 g/mol. The number of carbonyl (C=O) groups is 2. The van der Waals surface area contributed by atoms with Crippen LogP contribution in [0.4, 0.5) is 14.5 Å². The highest BCUT2D eigenvalue weighted by Gasteiger charge is 2.39. The number of halogens is 2. The van der Waals surface area contributed by atoms with Gasteiger partial charge in [-0.1, -0.05) is 0 Å². The zero-order valence-corrected chi connectivity index (χ0v) is 11.2. The molecule has 1 aromatic rings. The largest absolute Gasteiger partial charge is 0.477 e. The van der Waals surface area contributed by atoms with Gasteiger partial charge in [0.25, 0.3) is 0 Å². The normalized spacial score (nSPS) is 19.1. The van der Waals surface area contributed by atoms with E-state index in [0.717, 1.165) is 11.0 Å². The zero-order valence-electron chi connectivity index (χ0n) is 10.4. The van der Waals surface area contributed by atoms with E-state index in [9.17, 15) is 26.8 Å². The van der Waals surface area contributed by atoms with Gasteiger partial charge in [0.1, 0.15) is 16.6 Å². The van der Waals surface area contributed by atoms with Crippen LogP contribution in [0.15, 0.2) is 12.1 Å². The molecule has 0 bridgehead atoms. The molecule has 0 spiro atoms. The number of primary sulfonamides is 1. The first kappa shape index (κ1) is 15.3. The number of hydrogen-bond donors (Lipinski definition) is 2. The maximum absolute atomic E-state index is 14.0. The van der Waals surface area contributed by atoms with Crippen LogP contribution < -0.4 is 10.0 Å². The van der Waals surface area contributed by atoms with Crippen molar-refractivity contribution in [3.8, 4) is 0 Å². The summed E-state index contributed by atoms with van der Waals surface area (Å²) in [4.78, 5) is 23.3. The molecule has 0 aliphatic carbocycles. The molecule has 1 amide bonds. The molecule has 2 rings (SSSR count). The number of sulfonamides is 1. The molecule has 1 atom stereocenters. The third-order valence-electron chi connectivity index (χ3n) is 3.13. The lowest BCUT2D eigenvalue weighted by atomic mass is 10.1. The van der Waals surface area contributed by atoms with Gasteiger partial charge in [0, 0.05) is 13.0 Å². The minimum absolute atomic E-state index is 0.417. The van der Waals surface area contributed by atoms with Gasteiger partial charge >= 0.3 is 5.97 Å². The Kier molecular flexibility index (Phi) is 3.68. The summed E-state index contributed by atoms with van der Waals surface area (Å²) in [6.45, 7) is -0.417. The molecule has 1 aliphatic rings. The molecule has 10 heteroatoms. The fourth-order valence-corrected chi connectivity index (χ4v) is 2.81. The van der Waals surface area contributed by atoms with Crippen molar-refractivity contribution in [1.29, 1.82) is 0 Å². The fourth-order valence-electron chi connectivity index (χ4n) is 2.07. The predicted molar refractivity (Wildman–Crippen MR) is 67.2 cm³/mol. The third kappa shape index (κ3) is 2.72. The maximum atomic E-state index is 14.0.